The van der Waals surface area contributed by atoms with Gasteiger partial charge >= 0.3 is 0 Å². The first-order valence-electron chi connectivity index (χ1n) is 4.40. The fourth-order valence-electron chi connectivity index (χ4n) is 1.86. The standard InChI is InChI=1S/C10H17N/c1-4-6-10(9(2)3)7-5-8-11-10/h1,9,11H,5-8H2,2-3H3. The lowest BCUT2D eigenvalue weighted by atomic mass is 9.82. The number of rotatable bonds is 2. The molecule has 1 unspecified atom stereocenters. The molecule has 1 aliphatic heterocycles. The summed E-state index contributed by atoms with van der Waals surface area (Å²) in [5.74, 6) is 3.42. The topological polar surface area (TPSA) is 12.0 Å². The van der Waals surface area contributed by atoms with Gasteiger partial charge in [-0.25, -0.2) is 0 Å². The zero-order valence-corrected chi connectivity index (χ0v) is 7.48. The highest BCUT2D eigenvalue weighted by Crippen LogP contribution is 2.30. The summed E-state index contributed by atoms with van der Waals surface area (Å²) in [6, 6.07) is 0. The molecule has 1 rings (SSSR count). The maximum Gasteiger partial charge on any atom is 0.0314 e. The van der Waals surface area contributed by atoms with E-state index in [1.54, 1.807) is 0 Å². The molecule has 0 aromatic rings. The van der Waals surface area contributed by atoms with Crippen molar-refractivity contribution in [1.29, 1.82) is 0 Å². The first-order valence-corrected chi connectivity index (χ1v) is 4.40. The summed E-state index contributed by atoms with van der Waals surface area (Å²) < 4.78 is 0. The van der Waals surface area contributed by atoms with Crippen LogP contribution in [0.15, 0.2) is 0 Å². The summed E-state index contributed by atoms with van der Waals surface area (Å²) in [6.45, 7) is 5.63. The summed E-state index contributed by atoms with van der Waals surface area (Å²) >= 11 is 0. The van der Waals surface area contributed by atoms with Gasteiger partial charge in [-0.3, -0.25) is 0 Å². The van der Waals surface area contributed by atoms with Crippen LogP contribution in [0.2, 0.25) is 0 Å². The lowest BCUT2D eigenvalue weighted by molar-refractivity contribution is 0.278. The van der Waals surface area contributed by atoms with Crippen LogP contribution in [0.4, 0.5) is 0 Å². The predicted octanol–water partition coefficient (Wildman–Crippen LogP) is 1.79. The van der Waals surface area contributed by atoms with Gasteiger partial charge in [0, 0.05) is 12.0 Å². The number of hydrogen-bond acceptors (Lipinski definition) is 1. The molecule has 1 heteroatoms. The Hall–Kier alpha value is -0.480. The van der Waals surface area contributed by atoms with Crippen LogP contribution in [-0.4, -0.2) is 12.1 Å². The molecule has 0 bridgehead atoms. The summed E-state index contributed by atoms with van der Waals surface area (Å²) in [5.41, 5.74) is 0.259. The average molecular weight is 151 g/mol. The molecule has 1 saturated heterocycles. The number of nitrogens with one attached hydrogen (secondary N) is 1. The monoisotopic (exact) mass is 151 g/mol. The Balaban J connectivity index is 2.64. The summed E-state index contributed by atoms with van der Waals surface area (Å²) in [5, 5.41) is 3.53. The predicted molar refractivity (Wildman–Crippen MR) is 48.3 cm³/mol. The largest absolute Gasteiger partial charge is 0.310 e. The quantitative estimate of drug-likeness (QED) is 0.593. The third-order valence-corrected chi connectivity index (χ3v) is 2.80. The fourth-order valence-corrected chi connectivity index (χ4v) is 1.86. The highest BCUT2D eigenvalue weighted by atomic mass is 15.0. The van der Waals surface area contributed by atoms with Gasteiger partial charge in [0.05, 0.1) is 0 Å². The third kappa shape index (κ3) is 1.57. The van der Waals surface area contributed by atoms with Gasteiger partial charge < -0.3 is 5.32 Å². The Bertz CT molecular complexity index is 158. The molecule has 0 saturated carbocycles. The molecule has 62 valence electrons. The number of terminal acetylenes is 1. The SMILES string of the molecule is C#CCC1(C(C)C)CCCN1. The molecule has 1 heterocycles. The molecule has 1 aliphatic rings. The maximum absolute atomic E-state index is 5.34. The molecule has 1 N–H and O–H groups in total. The van der Waals surface area contributed by atoms with E-state index in [2.05, 4.69) is 25.1 Å². The summed E-state index contributed by atoms with van der Waals surface area (Å²) in [7, 11) is 0. The van der Waals surface area contributed by atoms with Crippen LogP contribution in [0.25, 0.3) is 0 Å². The highest BCUT2D eigenvalue weighted by molar-refractivity contribution is 5.04. The van der Waals surface area contributed by atoms with Gasteiger partial charge in [-0.15, -0.1) is 12.3 Å². The van der Waals surface area contributed by atoms with Crippen LogP contribution >= 0.6 is 0 Å². The van der Waals surface area contributed by atoms with Crippen molar-refractivity contribution in [1.82, 2.24) is 5.32 Å². The lowest BCUT2D eigenvalue weighted by Gasteiger charge is -2.31. The molecule has 0 aromatic heterocycles. The van der Waals surface area contributed by atoms with E-state index < -0.39 is 0 Å². The maximum atomic E-state index is 5.34. The van der Waals surface area contributed by atoms with Crippen LogP contribution in [0.1, 0.15) is 33.1 Å². The van der Waals surface area contributed by atoms with E-state index in [-0.39, 0.29) is 5.54 Å². The van der Waals surface area contributed by atoms with Gasteiger partial charge in [0.1, 0.15) is 0 Å². The van der Waals surface area contributed by atoms with Gasteiger partial charge in [-0.1, -0.05) is 13.8 Å². The first-order chi connectivity index (χ1) is 5.21. The van der Waals surface area contributed by atoms with Crippen LogP contribution in [0.5, 0.6) is 0 Å². The second-order valence-electron chi connectivity index (χ2n) is 3.72. The Morgan fingerprint density at radius 2 is 2.36 bits per heavy atom. The molecule has 0 radical (unpaired) electrons. The molecule has 0 aromatic carbocycles. The van der Waals surface area contributed by atoms with Crippen LogP contribution < -0.4 is 5.32 Å². The zero-order chi connectivity index (χ0) is 8.32. The molecule has 0 aliphatic carbocycles. The minimum absolute atomic E-state index is 0.259. The summed E-state index contributed by atoms with van der Waals surface area (Å²) in [4.78, 5) is 0. The second kappa shape index (κ2) is 3.28. The van der Waals surface area contributed by atoms with Gasteiger partial charge in [0.15, 0.2) is 0 Å². The molecule has 1 nitrogen and oxygen atoms in total. The highest BCUT2D eigenvalue weighted by Gasteiger charge is 2.35. The van der Waals surface area contributed by atoms with E-state index in [4.69, 9.17) is 6.42 Å². The normalized spacial score (nSPS) is 30.7. The lowest BCUT2D eigenvalue weighted by Crippen LogP contribution is -2.44. The molecule has 0 amide bonds. The minimum Gasteiger partial charge on any atom is -0.310 e. The Morgan fingerprint density at radius 3 is 2.73 bits per heavy atom. The van der Waals surface area contributed by atoms with Crippen molar-refractivity contribution >= 4 is 0 Å². The first kappa shape index (κ1) is 8.62. The Labute approximate surface area is 69.6 Å². The molecule has 1 fully saturated rings. The fraction of sp³-hybridized carbons (Fsp3) is 0.800. The van der Waals surface area contributed by atoms with E-state index in [9.17, 15) is 0 Å². The minimum atomic E-state index is 0.259. The van der Waals surface area contributed by atoms with Crippen molar-refractivity contribution in [3.63, 3.8) is 0 Å². The molecule has 0 spiro atoms. The smallest absolute Gasteiger partial charge is 0.0314 e. The van der Waals surface area contributed by atoms with Crippen molar-refractivity contribution in [2.45, 2.75) is 38.6 Å². The third-order valence-electron chi connectivity index (χ3n) is 2.80. The van der Waals surface area contributed by atoms with Crippen LogP contribution in [0.3, 0.4) is 0 Å². The van der Waals surface area contributed by atoms with Crippen molar-refractivity contribution in [2.75, 3.05) is 6.54 Å². The molecule has 11 heavy (non-hydrogen) atoms. The van der Waals surface area contributed by atoms with Crippen LogP contribution in [0, 0.1) is 18.3 Å². The molecule has 1 atom stereocenters. The van der Waals surface area contributed by atoms with Crippen molar-refractivity contribution < 1.29 is 0 Å². The Kier molecular flexibility index (Phi) is 2.57. The second-order valence-corrected chi connectivity index (χ2v) is 3.72. The van der Waals surface area contributed by atoms with Gasteiger partial charge in [0.25, 0.3) is 0 Å². The average Bonchev–Trinajstić information content (AvgIpc) is 2.38. The summed E-state index contributed by atoms with van der Waals surface area (Å²) in [6.07, 6.45) is 8.74. The van der Waals surface area contributed by atoms with Crippen molar-refractivity contribution in [3.05, 3.63) is 0 Å². The molecular weight excluding hydrogens is 134 g/mol. The van der Waals surface area contributed by atoms with E-state index >= 15 is 0 Å². The number of hydrogen-bond donors (Lipinski definition) is 1. The van der Waals surface area contributed by atoms with E-state index in [0.29, 0.717) is 5.92 Å². The van der Waals surface area contributed by atoms with E-state index in [1.807, 2.05) is 0 Å². The van der Waals surface area contributed by atoms with Crippen LogP contribution in [-0.2, 0) is 0 Å². The van der Waals surface area contributed by atoms with E-state index in [1.165, 1.54) is 12.8 Å². The van der Waals surface area contributed by atoms with Gasteiger partial charge in [0.2, 0.25) is 0 Å². The van der Waals surface area contributed by atoms with Gasteiger partial charge in [-0.2, -0.15) is 0 Å². The van der Waals surface area contributed by atoms with E-state index in [0.717, 1.165) is 13.0 Å². The van der Waals surface area contributed by atoms with Gasteiger partial charge in [-0.05, 0) is 25.3 Å². The Morgan fingerprint density at radius 1 is 1.64 bits per heavy atom. The zero-order valence-electron chi connectivity index (χ0n) is 7.48. The molecular formula is C10H17N. The van der Waals surface area contributed by atoms with Crippen molar-refractivity contribution in [3.8, 4) is 12.3 Å². The van der Waals surface area contributed by atoms with Crippen molar-refractivity contribution in [2.24, 2.45) is 5.92 Å².